The van der Waals surface area contributed by atoms with Crippen LogP contribution in [0.15, 0.2) is 47.4 Å². The fourth-order valence-corrected chi connectivity index (χ4v) is 3.46. The van der Waals surface area contributed by atoms with Gasteiger partial charge in [0.15, 0.2) is 5.78 Å². The van der Waals surface area contributed by atoms with Crippen LogP contribution in [0.2, 0.25) is 10.0 Å². The molecule has 4 nitrogen and oxygen atoms in total. The van der Waals surface area contributed by atoms with Gasteiger partial charge in [-0.3, -0.25) is 8.98 Å². The largest absolute Gasteiger partial charge is 0.297 e. The Morgan fingerprint density at radius 2 is 1.75 bits per heavy atom. The molecule has 0 saturated heterocycles. The Labute approximate surface area is 151 Å². The Morgan fingerprint density at radius 1 is 1.12 bits per heavy atom. The summed E-state index contributed by atoms with van der Waals surface area (Å²) in [5.74, 6) is -0.339. The van der Waals surface area contributed by atoms with Crippen molar-refractivity contribution in [1.82, 2.24) is 0 Å². The molecule has 2 rings (SSSR count). The zero-order valence-electron chi connectivity index (χ0n) is 13.1. The van der Waals surface area contributed by atoms with Crippen LogP contribution in [-0.4, -0.2) is 20.3 Å². The Morgan fingerprint density at radius 3 is 2.33 bits per heavy atom. The Kier molecular flexibility index (Phi) is 6.04. The number of hydrogen-bond acceptors (Lipinski definition) is 4. The predicted octanol–water partition coefficient (Wildman–Crippen LogP) is 4.73. The lowest BCUT2D eigenvalue weighted by atomic mass is 10.0. The van der Waals surface area contributed by atoms with Gasteiger partial charge in [0, 0.05) is 16.1 Å². The minimum atomic E-state index is -3.85. The molecule has 0 amide bonds. The number of rotatable bonds is 6. The molecule has 0 spiro atoms. The lowest BCUT2D eigenvalue weighted by Crippen LogP contribution is -2.14. The zero-order chi connectivity index (χ0) is 17.9. The summed E-state index contributed by atoms with van der Waals surface area (Å²) in [5, 5.41) is 0.671. The van der Waals surface area contributed by atoms with Crippen molar-refractivity contribution in [3.8, 4) is 0 Å². The van der Waals surface area contributed by atoms with Gasteiger partial charge in [-0.2, -0.15) is 8.42 Å². The van der Waals surface area contributed by atoms with Crippen molar-refractivity contribution in [3.63, 3.8) is 0 Å². The second-order valence-corrected chi connectivity index (χ2v) is 7.66. The maximum atomic E-state index is 12.5. The van der Waals surface area contributed by atoms with Gasteiger partial charge < -0.3 is 0 Å². The molecule has 0 saturated carbocycles. The highest BCUT2D eigenvalue weighted by Gasteiger charge is 2.19. The summed E-state index contributed by atoms with van der Waals surface area (Å²) < 4.78 is 29.3. The van der Waals surface area contributed by atoms with Crippen LogP contribution < -0.4 is 0 Å². The van der Waals surface area contributed by atoms with E-state index < -0.39 is 16.2 Å². The fraction of sp³-hybridized carbons (Fsp3) is 0.235. The van der Waals surface area contributed by atoms with Gasteiger partial charge >= 0.3 is 0 Å². The number of benzene rings is 2. The maximum Gasteiger partial charge on any atom is 0.297 e. The molecular weight excluding hydrogens is 371 g/mol. The average Bonchev–Trinajstić information content (AvgIpc) is 2.56. The van der Waals surface area contributed by atoms with Crippen molar-refractivity contribution in [2.24, 2.45) is 0 Å². The highest BCUT2D eigenvalue weighted by atomic mass is 35.5. The third kappa shape index (κ3) is 4.36. The lowest BCUT2D eigenvalue weighted by Gasteiger charge is -2.11. The Bertz CT molecular complexity index is 845. The van der Waals surface area contributed by atoms with E-state index in [9.17, 15) is 13.2 Å². The molecule has 0 aliphatic carbocycles. The van der Waals surface area contributed by atoms with Gasteiger partial charge in [0.2, 0.25) is 0 Å². The molecule has 128 valence electrons. The molecule has 0 heterocycles. The maximum absolute atomic E-state index is 12.5. The molecule has 0 fully saturated rings. The van der Waals surface area contributed by atoms with Crippen molar-refractivity contribution in [3.05, 3.63) is 63.6 Å². The van der Waals surface area contributed by atoms with Gasteiger partial charge in [-0.1, -0.05) is 30.1 Å². The second-order valence-electron chi connectivity index (χ2n) is 5.25. The van der Waals surface area contributed by atoms with Crippen molar-refractivity contribution >= 4 is 39.1 Å². The minimum absolute atomic E-state index is 0.00320. The number of halogens is 2. The molecule has 0 aromatic heterocycles. The van der Waals surface area contributed by atoms with Gasteiger partial charge in [-0.15, -0.1) is 0 Å². The molecule has 0 N–H and O–H groups in total. The van der Waals surface area contributed by atoms with E-state index in [2.05, 4.69) is 0 Å². The molecule has 1 atom stereocenters. The van der Waals surface area contributed by atoms with Crippen LogP contribution in [0, 0.1) is 0 Å². The number of ketones is 1. The van der Waals surface area contributed by atoms with Crippen molar-refractivity contribution in [2.75, 3.05) is 0 Å². The van der Waals surface area contributed by atoms with E-state index in [4.69, 9.17) is 27.4 Å². The summed E-state index contributed by atoms with van der Waals surface area (Å²) in [6, 6.07) is 10.1. The van der Waals surface area contributed by atoms with Crippen LogP contribution in [0.25, 0.3) is 0 Å². The molecular formula is C17H16Cl2O4S. The van der Waals surface area contributed by atoms with Crippen LogP contribution in [0.4, 0.5) is 0 Å². The van der Waals surface area contributed by atoms with E-state index >= 15 is 0 Å². The lowest BCUT2D eigenvalue weighted by molar-refractivity contribution is 0.103. The summed E-state index contributed by atoms with van der Waals surface area (Å²) in [6.45, 7) is 3.51. The van der Waals surface area contributed by atoms with Crippen molar-refractivity contribution in [2.45, 2.75) is 31.3 Å². The zero-order valence-corrected chi connectivity index (χ0v) is 15.5. The molecule has 0 radical (unpaired) electrons. The van der Waals surface area contributed by atoms with Gasteiger partial charge in [0.1, 0.15) is 0 Å². The SMILES string of the molecule is CCC(C)OS(=O)(=O)c1ccc(C(=O)c2cc(Cl)ccc2Cl)cc1. The summed E-state index contributed by atoms with van der Waals surface area (Å²) in [6.07, 6.45) is 0.157. The van der Waals surface area contributed by atoms with Crippen LogP contribution in [0.5, 0.6) is 0 Å². The number of hydrogen-bond donors (Lipinski definition) is 0. The minimum Gasteiger partial charge on any atom is -0.289 e. The molecule has 24 heavy (non-hydrogen) atoms. The normalized spacial score (nSPS) is 12.8. The molecule has 0 aliphatic rings. The highest BCUT2D eigenvalue weighted by molar-refractivity contribution is 7.86. The standard InChI is InChI=1S/C17H16Cl2O4S/c1-3-11(2)23-24(21,22)14-7-4-12(5-8-14)17(20)15-10-13(18)6-9-16(15)19/h4-11H,3H2,1-2H3. The van der Waals surface area contributed by atoms with Gasteiger partial charge in [-0.05, 0) is 55.8 Å². The van der Waals surface area contributed by atoms with E-state index in [0.29, 0.717) is 17.0 Å². The number of carbonyl (C=O) groups is 1. The van der Waals surface area contributed by atoms with Crippen LogP contribution >= 0.6 is 23.2 Å². The number of carbonyl (C=O) groups excluding carboxylic acids is 1. The Hall–Kier alpha value is -1.40. The van der Waals surface area contributed by atoms with Crippen LogP contribution in [0.3, 0.4) is 0 Å². The van der Waals surface area contributed by atoms with Crippen molar-refractivity contribution in [1.29, 1.82) is 0 Å². The summed E-state index contributed by atoms with van der Waals surface area (Å²) in [5.41, 5.74) is 0.567. The molecule has 2 aromatic carbocycles. The topological polar surface area (TPSA) is 60.4 Å². The van der Waals surface area contributed by atoms with Crippen LogP contribution in [-0.2, 0) is 14.3 Å². The van der Waals surface area contributed by atoms with Crippen LogP contribution in [0.1, 0.15) is 36.2 Å². The van der Waals surface area contributed by atoms with E-state index in [0.717, 1.165) is 0 Å². The molecule has 2 aromatic rings. The van der Waals surface area contributed by atoms with Gasteiger partial charge in [0.05, 0.1) is 16.0 Å². The molecule has 0 bridgehead atoms. The first kappa shape index (κ1) is 18.9. The summed E-state index contributed by atoms with van der Waals surface area (Å²) >= 11 is 11.9. The highest BCUT2D eigenvalue weighted by Crippen LogP contribution is 2.24. The monoisotopic (exact) mass is 386 g/mol. The summed E-state index contributed by atoms with van der Waals surface area (Å²) in [4.78, 5) is 12.5. The molecule has 1 unspecified atom stereocenters. The van der Waals surface area contributed by atoms with E-state index in [1.165, 1.54) is 36.4 Å². The van der Waals surface area contributed by atoms with E-state index in [-0.39, 0.29) is 21.3 Å². The van der Waals surface area contributed by atoms with Crippen molar-refractivity contribution < 1.29 is 17.4 Å². The average molecular weight is 387 g/mol. The fourth-order valence-electron chi connectivity index (χ4n) is 1.94. The molecule has 7 heteroatoms. The van der Waals surface area contributed by atoms with E-state index in [1.54, 1.807) is 13.0 Å². The third-order valence-corrected chi connectivity index (χ3v) is 5.44. The molecule has 0 aliphatic heterocycles. The van der Waals surface area contributed by atoms with Gasteiger partial charge in [0.25, 0.3) is 10.1 Å². The quantitative estimate of drug-likeness (QED) is 0.531. The first-order valence-electron chi connectivity index (χ1n) is 7.27. The van der Waals surface area contributed by atoms with Gasteiger partial charge in [-0.25, -0.2) is 0 Å². The van der Waals surface area contributed by atoms with E-state index in [1.807, 2.05) is 6.92 Å². The smallest absolute Gasteiger partial charge is 0.289 e. The first-order chi connectivity index (χ1) is 11.2. The third-order valence-electron chi connectivity index (χ3n) is 3.44. The Balaban J connectivity index is 2.29. The predicted molar refractivity (Wildman–Crippen MR) is 94.4 cm³/mol. The first-order valence-corrected chi connectivity index (χ1v) is 9.44. The second kappa shape index (κ2) is 7.66. The summed E-state index contributed by atoms with van der Waals surface area (Å²) in [7, 11) is -3.85.